The van der Waals surface area contributed by atoms with Gasteiger partial charge in [0, 0.05) is 18.3 Å². The Labute approximate surface area is 138 Å². The van der Waals surface area contributed by atoms with E-state index in [0.717, 1.165) is 11.3 Å². The maximum Gasteiger partial charge on any atom is 0.264 e. The third kappa shape index (κ3) is 3.60. The number of rotatable bonds is 6. The summed E-state index contributed by atoms with van der Waals surface area (Å²) >= 11 is 2.15. The molecule has 0 bridgehead atoms. The molecular formula is C14H16N4OS2. The van der Waals surface area contributed by atoms with Crippen LogP contribution in [0.25, 0.3) is 0 Å². The molecule has 2 aromatic heterocycles. The predicted octanol–water partition coefficient (Wildman–Crippen LogP) is 3.19. The topological polar surface area (TPSA) is 77.8 Å². The normalized spacial score (nSPS) is 16.5. The number of nitriles is 1. The average molecular weight is 325 g/mol. The number of hydrogen-bond acceptors (Lipinski definition) is 6. The molecule has 1 atom stereocenters. The highest BCUT2D eigenvalue weighted by Crippen LogP contribution is 2.25. The molecule has 0 aliphatic carbocycles. The van der Waals surface area contributed by atoms with Crippen LogP contribution in [0.15, 0.2) is 17.5 Å². The monoisotopic (exact) mass is 325 g/mol. The molecule has 0 radical (unpaired) electrons. The van der Waals surface area contributed by atoms with Gasteiger partial charge in [0.1, 0.15) is 4.88 Å². The Hall–Kier alpha value is -1.91. The minimum absolute atomic E-state index is 0.168. The van der Waals surface area contributed by atoms with E-state index in [9.17, 15) is 10.1 Å². The van der Waals surface area contributed by atoms with Gasteiger partial charge >= 0.3 is 0 Å². The van der Waals surface area contributed by atoms with Gasteiger partial charge in [0.15, 0.2) is 11.2 Å². The van der Waals surface area contributed by atoms with Crippen LogP contribution < -0.4 is 10.6 Å². The molecule has 110 valence electrons. The number of aryl methyl sites for hydroxylation is 1. The van der Waals surface area contributed by atoms with Crippen molar-refractivity contribution in [2.75, 3.05) is 11.9 Å². The van der Waals surface area contributed by atoms with Crippen LogP contribution in [0.2, 0.25) is 0 Å². The van der Waals surface area contributed by atoms with E-state index in [1.807, 2.05) is 6.07 Å². The van der Waals surface area contributed by atoms with E-state index in [0.29, 0.717) is 11.4 Å². The van der Waals surface area contributed by atoms with Crippen LogP contribution in [0.3, 0.4) is 0 Å². The lowest BCUT2D eigenvalue weighted by molar-refractivity contribution is 0.0948. The second-order valence-corrected chi connectivity index (χ2v) is 5.88. The van der Waals surface area contributed by atoms with Crippen molar-refractivity contribution in [3.05, 3.63) is 33.0 Å². The molecule has 0 fully saturated rings. The van der Waals surface area contributed by atoms with Crippen LogP contribution in [-0.4, -0.2) is 17.4 Å². The van der Waals surface area contributed by atoms with Gasteiger partial charge in [-0.15, -0.1) is 11.3 Å². The summed E-state index contributed by atoms with van der Waals surface area (Å²) in [5, 5.41) is 16.7. The van der Waals surface area contributed by atoms with Gasteiger partial charge in [0.05, 0.1) is 11.8 Å². The van der Waals surface area contributed by atoms with Crippen LogP contribution in [0.5, 0.6) is 0 Å². The summed E-state index contributed by atoms with van der Waals surface area (Å²) in [7, 11) is 0. The minimum atomic E-state index is -3.00. The number of carbonyl (C=O) groups is 1. The third-order valence-electron chi connectivity index (χ3n) is 2.51. The number of nitrogens with zero attached hydrogens (tertiary/aromatic N) is 2. The minimum Gasteiger partial charge on any atom is -0.362 e. The number of carbonyl (C=O) groups excluding carboxylic acids is 1. The van der Waals surface area contributed by atoms with Gasteiger partial charge in [-0.3, -0.25) is 4.79 Å². The number of aromatic nitrogens is 1. The molecule has 0 aliphatic rings. The zero-order chi connectivity index (χ0) is 19.5. The molecule has 5 nitrogen and oxygen atoms in total. The quantitative estimate of drug-likeness (QED) is 0.855. The molecule has 0 aromatic carbocycles. The number of amides is 1. The van der Waals surface area contributed by atoms with Gasteiger partial charge in [-0.05, 0) is 24.7 Å². The van der Waals surface area contributed by atoms with Crippen LogP contribution in [-0.2, 0) is 6.37 Å². The maximum absolute atomic E-state index is 12.7. The van der Waals surface area contributed by atoms with Gasteiger partial charge < -0.3 is 10.6 Å². The molecule has 7 heteroatoms. The smallest absolute Gasteiger partial charge is 0.264 e. The van der Waals surface area contributed by atoms with E-state index in [1.54, 1.807) is 24.4 Å². The summed E-state index contributed by atoms with van der Waals surface area (Å²) in [5.74, 6) is -0.741. The summed E-state index contributed by atoms with van der Waals surface area (Å²) in [6.07, 6.45) is -2.81. The van der Waals surface area contributed by atoms with Crippen molar-refractivity contribution in [3.8, 4) is 6.07 Å². The average Bonchev–Trinajstić information content (AvgIpc) is 3.21. The largest absolute Gasteiger partial charge is 0.362 e. The summed E-state index contributed by atoms with van der Waals surface area (Å²) in [6.45, 7) is -0.732. The fourth-order valence-electron chi connectivity index (χ4n) is 1.60. The summed E-state index contributed by atoms with van der Waals surface area (Å²) in [6, 6.07) is 4.48. The first-order chi connectivity index (χ1) is 12.1. The zero-order valence-corrected chi connectivity index (χ0v) is 12.8. The van der Waals surface area contributed by atoms with E-state index in [-0.39, 0.29) is 10.0 Å². The number of anilines is 1. The van der Waals surface area contributed by atoms with Crippen molar-refractivity contribution < 1.29 is 11.6 Å². The molecule has 1 unspecified atom stereocenters. The van der Waals surface area contributed by atoms with Gasteiger partial charge in [-0.2, -0.15) is 5.26 Å². The Balaban J connectivity index is 2.41. The lowest BCUT2D eigenvalue weighted by Crippen LogP contribution is -2.27. The number of thiophene rings is 1. The highest BCUT2D eigenvalue weighted by atomic mass is 32.1. The molecule has 0 saturated carbocycles. The van der Waals surface area contributed by atoms with Crippen molar-refractivity contribution >= 4 is 33.7 Å². The molecule has 2 rings (SSSR count). The first kappa shape index (κ1) is 9.92. The SMILES string of the molecule is [2H]C([2H])([2H])C([2H])([2H])c1nc(NCC)sc1C(=O)NC(C#N)c1cccs1. The Morgan fingerprint density at radius 1 is 1.71 bits per heavy atom. The zero-order valence-electron chi connectivity index (χ0n) is 16.1. The maximum atomic E-state index is 12.7. The fourth-order valence-corrected chi connectivity index (χ4v) is 3.22. The van der Waals surface area contributed by atoms with E-state index in [1.165, 1.54) is 11.3 Å². The molecule has 1 amide bonds. The second-order valence-electron chi connectivity index (χ2n) is 3.90. The number of hydrogen-bond donors (Lipinski definition) is 2. The predicted molar refractivity (Wildman–Crippen MR) is 85.8 cm³/mol. The Morgan fingerprint density at radius 2 is 2.57 bits per heavy atom. The molecule has 2 heterocycles. The molecule has 2 N–H and O–H groups in total. The summed E-state index contributed by atoms with van der Waals surface area (Å²) < 4.78 is 38.2. The fraction of sp³-hybridized carbons (Fsp3) is 0.357. The van der Waals surface area contributed by atoms with Crippen molar-refractivity contribution in [1.82, 2.24) is 10.3 Å². The van der Waals surface area contributed by atoms with Crippen molar-refractivity contribution in [1.29, 1.82) is 5.26 Å². The summed E-state index contributed by atoms with van der Waals surface area (Å²) in [4.78, 5) is 17.1. The lowest BCUT2D eigenvalue weighted by atomic mass is 10.2. The molecule has 0 saturated heterocycles. The standard InChI is InChI=1S/C14H16N4OS2/c1-3-9-12(21-14(18-9)16-4-2)13(19)17-10(8-15)11-6-5-7-20-11/h5-7,10H,3-4H2,1-2H3,(H,16,18)(H,17,19)/i1D3,3D2. The van der Waals surface area contributed by atoms with Crippen LogP contribution in [0.1, 0.15) is 46.9 Å². The van der Waals surface area contributed by atoms with E-state index in [4.69, 9.17) is 6.85 Å². The van der Waals surface area contributed by atoms with Crippen LogP contribution >= 0.6 is 22.7 Å². The van der Waals surface area contributed by atoms with E-state index < -0.39 is 30.9 Å². The second kappa shape index (κ2) is 7.20. The Bertz CT molecular complexity index is 810. The van der Waals surface area contributed by atoms with Crippen molar-refractivity contribution in [3.63, 3.8) is 0 Å². The van der Waals surface area contributed by atoms with Crippen LogP contribution in [0.4, 0.5) is 5.13 Å². The molecule has 0 aliphatic heterocycles. The van der Waals surface area contributed by atoms with Crippen molar-refractivity contribution in [2.45, 2.75) is 26.2 Å². The van der Waals surface area contributed by atoms with Crippen LogP contribution in [0, 0.1) is 11.3 Å². The van der Waals surface area contributed by atoms with Gasteiger partial charge in [0.25, 0.3) is 5.91 Å². The Morgan fingerprint density at radius 3 is 3.19 bits per heavy atom. The van der Waals surface area contributed by atoms with E-state index in [2.05, 4.69) is 15.6 Å². The third-order valence-corrected chi connectivity index (χ3v) is 4.46. The molecule has 2 aromatic rings. The van der Waals surface area contributed by atoms with Gasteiger partial charge in [0.2, 0.25) is 0 Å². The number of thiazole rings is 1. The van der Waals surface area contributed by atoms with Crippen molar-refractivity contribution in [2.24, 2.45) is 0 Å². The first-order valence-electron chi connectivity index (χ1n) is 8.61. The highest BCUT2D eigenvalue weighted by molar-refractivity contribution is 7.17. The van der Waals surface area contributed by atoms with Gasteiger partial charge in [-0.1, -0.05) is 24.3 Å². The van der Waals surface area contributed by atoms with E-state index >= 15 is 0 Å². The lowest BCUT2D eigenvalue weighted by Gasteiger charge is -2.09. The molecule has 0 spiro atoms. The van der Waals surface area contributed by atoms with Gasteiger partial charge in [-0.25, -0.2) is 4.98 Å². The highest BCUT2D eigenvalue weighted by Gasteiger charge is 2.21. The number of nitrogens with one attached hydrogen (secondary N) is 2. The summed E-state index contributed by atoms with van der Waals surface area (Å²) in [5.41, 5.74) is -0.459. The first-order valence-corrected chi connectivity index (χ1v) is 7.80. The molecular weight excluding hydrogens is 304 g/mol. The Kier molecular flexibility index (Phi) is 3.40. The molecule has 21 heavy (non-hydrogen) atoms.